The highest BCUT2D eigenvalue weighted by Crippen LogP contribution is 2.19. The SMILES string of the molecule is CCC(C)(C)NC(=O)[C@@H](C)Nc1ccc(OC[C@H]2CCCO2)cc1. The number of amides is 1. The van der Waals surface area contributed by atoms with E-state index in [1.807, 2.05) is 45.0 Å². The summed E-state index contributed by atoms with van der Waals surface area (Å²) in [5.41, 5.74) is 0.712. The zero-order valence-corrected chi connectivity index (χ0v) is 15.2. The third-order valence-corrected chi connectivity index (χ3v) is 4.44. The molecule has 0 aliphatic carbocycles. The number of benzene rings is 1. The first-order valence-electron chi connectivity index (χ1n) is 8.82. The number of rotatable bonds is 8. The van der Waals surface area contributed by atoms with Gasteiger partial charge in [-0.1, -0.05) is 6.92 Å². The standard InChI is InChI=1S/C19H30N2O3/c1-5-19(3,4)21-18(22)14(2)20-15-8-10-16(11-9-15)24-13-17-7-6-12-23-17/h8-11,14,17,20H,5-7,12-13H2,1-4H3,(H,21,22)/t14-,17-/m1/s1. The highest BCUT2D eigenvalue weighted by molar-refractivity contribution is 5.84. The first kappa shape index (κ1) is 18.6. The molecule has 0 unspecified atom stereocenters. The molecule has 1 amide bonds. The van der Waals surface area contributed by atoms with Gasteiger partial charge in [0.2, 0.25) is 5.91 Å². The fraction of sp³-hybridized carbons (Fsp3) is 0.632. The molecule has 2 atom stereocenters. The minimum absolute atomic E-state index is 0.000517. The van der Waals surface area contributed by atoms with Crippen molar-refractivity contribution in [3.8, 4) is 5.75 Å². The molecule has 24 heavy (non-hydrogen) atoms. The first-order chi connectivity index (χ1) is 11.4. The summed E-state index contributed by atoms with van der Waals surface area (Å²) in [6, 6.07) is 7.39. The lowest BCUT2D eigenvalue weighted by Crippen LogP contribution is -2.48. The van der Waals surface area contributed by atoms with E-state index in [4.69, 9.17) is 9.47 Å². The Hall–Kier alpha value is -1.75. The highest BCUT2D eigenvalue weighted by atomic mass is 16.5. The smallest absolute Gasteiger partial charge is 0.242 e. The summed E-state index contributed by atoms with van der Waals surface area (Å²) >= 11 is 0. The van der Waals surface area contributed by atoms with E-state index < -0.39 is 0 Å². The molecule has 1 aliphatic rings. The number of hydrogen-bond acceptors (Lipinski definition) is 4. The number of ether oxygens (including phenoxy) is 2. The van der Waals surface area contributed by atoms with E-state index in [2.05, 4.69) is 17.6 Å². The van der Waals surface area contributed by atoms with E-state index in [0.717, 1.165) is 37.3 Å². The van der Waals surface area contributed by atoms with Gasteiger partial charge in [0.05, 0.1) is 6.10 Å². The molecule has 5 nitrogen and oxygen atoms in total. The zero-order chi connectivity index (χ0) is 17.6. The molecule has 2 rings (SSSR count). The van der Waals surface area contributed by atoms with E-state index >= 15 is 0 Å². The molecule has 0 spiro atoms. The second-order valence-corrected chi connectivity index (χ2v) is 7.06. The summed E-state index contributed by atoms with van der Waals surface area (Å²) in [5.74, 6) is 0.820. The number of carbonyl (C=O) groups is 1. The quantitative estimate of drug-likeness (QED) is 0.765. The van der Waals surface area contributed by atoms with Crippen molar-refractivity contribution in [2.45, 2.75) is 64.6 Å². The third kappa shape index (κ3) is 5.71. The molecule has 1 saturated heterocycles. The van der Waals surface area contributed by atoms with Gasteiger partial charge in [0.1, 0.15) is 18.4 Å². The van der Waals surface area contributed by atoms with Gasteiger partial charge in [-0.15, -0.1) is 0 Å². The van der Waals surface area contributed by atoms with Gasteiger partial charge in [-0.25, -0.2) is 0 Å². The summed E-state index contributed by atoms with van der Waals surface area (Å²) in [6.45, 7) is 9.41. The van der Waals surface area contributed by atoms with Crippen LogP contribution in [0.15, 0.2) is 24.3 Å². The Balaban J connectivity index is 1.80. The summed E-state index contributed by atoms with van der Waals surface area (Å²) in [6.07, 6.45) is 3.29. The van der Waals surface area contributed by atoms with Crippen LogP contribution in [0.2, 0.25) is 0 Å². The summed E-state index contributed by atoms with van der Waals surface area (Å²) in [5, 5.41) is 6.27. The van der Waals surface area contributed by atoms with E-state index in [-0.39, 0.29) is 23.6 Å². The van der Waals surface area contributed by atoms with Crippen molar-refractivity contribution in [1.29, 1.82) is 0 Å². The minimum atomic E-state index is -0.297. The maximum absolute atomic E-state index is 12.2. The summed E-state index contributed by atoms with van der Waals surface area (Å²) in [7, 11) is 0. The Kier molecular flexibility index (Phi) is 6.49. The van der Waals surface area contributed by atoms with Crippen LogP contribution < -0.4 is 15.4 Å². The second-order valence-electron chi connectivity index (χ2n) is 7.06. The monoisotopic (exact) mass is 334 g/mol. The average Bonchev–Trinajstić information content (AvgIpc) is 3.07. The van der Waals surface area contributed by atoms with E-state index in [0.29, 0.717) is 6.61 Å². The molecule has 1 aliphatic heterocycles. The summed E-state index contributed by atoms with van der Waals surface area (Å²) in [4.78, 5) is 12.2. The van der Waals surface area contributed by atoms with Crippen LogP contribution in [-0.2, 0) is 9.53 Å². The van der Waals surface area contributed by atoms with Crippen molar-refractivity contribution >= 4 is 11.6 Å². The second kappa shape index (κ2) is 8.38. The van der Waals surface area contributed by atoms with E-state index in [1.54, 1.807) is 0 Å². The average molecular weight is 334 g/mol. The Morgan fingerprint density at radius 3 is 2.67 bits per heavy atom. The van der Waals surface area contributed by atoms with Gasteiger partial charge < -0.3 is 20.1 Å². The lowest BCUT2D eigenvalue weighted by atomic mass is 10.0. The molecule has 0 aromatic heterocycles. The maximum Gasteiger partial charge on any atom is 0.242 e. The van der Waals surface area contributed by atoms with Crippen LogP contribution in [0.3, 0.4) is 0 Å². The van der Waals surface area contributed by atoms with Crippen LogP contribution in [0.4, 0.5) is 5.69 Å². The number of anilines is 1. The first-order valence-corrected chi connectivity index (χ1v) is 8.82. The molecule has 0 saturated carbocycles. The minimum Gasteiger partial charge on any atom is -0.491 e. The predicted octanol–water partition coefficient (Wildman–Crippen LogP) is 3.35. The molecular weight excluding hydrogens is 304 g/mol. The van der Waals surface area contributed by atoms with Crippen molar-refractivity contribution in [2.75, 3.05) is 18.5 Å². The zero-order valence-electron chi connectivity index (χ0n) is 15.2. The number of nitrogens with one attached hydrogen (secondary N) is 2. The fourth-order valence-corrected chi connectivity index (χ4v) is 2.46. The molecule has 1 aromatic rings. The molecule has 1 heterocycles. The molecule has 2 N–H and O–H groups in total. The van der Waals surface area contributed by atoms with Crippen LogP contribution in [-0.4, -0.2) is 36.8 Å². The molecular formula is C19H30N2O3. The lowest BCUT2D eigenvalue weighted by Gasteiger charge is -2.27. The molecule has 0 bridgehead atoms. The van der Waals surface area contributed by atoms with Gasteiger partial charge in [-0.05, 0) is 64.3 Å². The number of carbonyl (C=O) groups excluding carboxylic acids is 1. The molecule has 134 valence electrons. The van der Waals surface area contributed by atoms with Gasteiger partial charge in [0.15, 0.2) is 0 Å². The van der Waals surface area contributed by atoms with Crippen LogP contribution in [0.1, 0.15) is 47.0 Å². The molecule has 1 aromatic carbocycles. The molecule has 5 heteroatoms. The van der Waals surface area contributed by atoms with Gasteiger partial charge in [0, 0.05) is 17.8 Å². The van der Waals surface area contributed by atoms with Gasteiger partial charge >= 0.3 is 0 Å². The van der Waals surface area contributed by atoms with Crippen molar-refractivity contribution in [3.63, 3.8) is 0 Å². The van der Waals surface area contributed by atoms with Crippen LogP contribution in [0.5, 0.6) is 5.75 Å². The van der Waals surface area contributed by atoms with Gasteiger partial charge in [0.25, 0.3) is 0 Å². The molecule has 0 radical (unpaired) electrons. The highest BCUT2D eigenvalue weighted by Gasteiger charge is 2.21. The van der Waals surface area contributed by atoms with Crippen molar-refractivity contribution < 1.29 is 14.3 Å². The molecule has 1 fully saturated rings. The number of hydrogen-bond donors (Lipinski definition) is 2. The predicted molar refractivity (Wildman–Crippen MR) is 96.5 cm³/mol. The van der Waals surface area contributed by atoms with Crippen molar-refractivity contribution in [1.82, 2.24) is 5.32 Å². The fourth-order valence-electron chi connectivity index (χ4n) is 2.46. The van der Waals surface area contributed by atoms with Gasteiger partial charge in [-0.3, -0.25) is 4.79 Å². The lowest BCUT2D eigenvalue weighted by molar-refractivity contribution is -0.123. The van der Waals surface area contributed by atoms with Crippen LogP contribution in [0.25, 0.3) is 0 Å². The Labute approximate surface area is 145 Å². The summed E-state index contributed by atoms with van der Waals surface area (Å²) < 4.78 is 11.3. The van der Waals surface area contributed by atoms with Crippen LogP contribution >= 0.6 is 0 Å². The normalized spacial score (nSPS) is 18.9. The maximum atomic E-state index is 12.2. The van der Waals surface area contributed by atoms with Crippen molar-refractivity contribution in [2.24, 2.45) is 0 Å². The largest absolute Gasteiger partial charge is 0.491 e. The van der Waals surface area contributed by atoms with Gasteiger partial charge in [-0.2, -0.15) is 0 Å². The van der Waals surface area contributed by atoms with Crippen LogP contribution in [0, 0.1) is 0 Å². The topological polar surface area (TPSA) is 59.6 Å². The Morgan fingerprint density at radius 1 is 1.38 bits per heavy atom. The third-order valence-electron chi connectivity index (χ3n) is 4.44. The van der Waals surface area contributed by atoms with Crippen molar-refractivity contribution in [3.05, 3.63) is 24.3 Å². The Bertz CT molecular complexity index is 522. The van der Waals surface area contributed by atoms with E-state index in [9.17, 15) is 4.79 Å². The Morgan fingerprint density at radius 2 is 2.08 bits per heavy atom. The van der Waals surface area contributed by atoms with E-state index in [1.165, 1.54) is 0 Å².